The average Bonchev–Trinajstić information content (AvgIpc) is 2.92. The molecule has 0 saturated carbocycles. The number of hydrogen-bond donors (Lipinski definition) is 1. The number of carbonyl (C=O) groups is 2. The number of sulfonamides is 1. The highest BCUT2D eigenvalue weighted by Crippen LogP contribution is 2.30. The lowest BCUT2D eigenvalue weighted by atomic mass is 9.88. The molecule has 0 radical (unpaired) electrons. The molecule has 1 aliphatic carbocycles. The van der Waals surface area contributed by atoms with Crippen LogP contribution in [0.2, 0.25) is 0 Å². The van der Waals surface area contributed by atoms with E-state index in [2.05, 4.69) is 11.4 Å². The Morgan fingerprint density at radius 3 is 2.51 bits per heavy atom. The van der Waals surface area contributed by atoms with Gasteiger partial charge in [0.25, 0.3) is 5.91 Å². The summed E-state index contributed by atoms with van der Waals surface area (Å²) in [6, 6.07) is 21.0. The van der Waals surface area contributed by atoms with Crippen LogP contribution in [0.1, 0.15) is 45.9 Å². The molecule has 1 unspecified atom stereocenters. The van der Waals surface area contributed by atoms with Crippen molar-refractivity contribution in [3.63, 3.8) is 0 Å². The summed E-state index contributed by atoms with van der Waals surface area (Å²) in [6.45, 7) is -0.328. The van der Waals surface area contributed by atoms with Gasteiger partial charge in [0.15, 0.2) is 6.61 Å². The Morgan fingerprint density at radius 2 is 1.76 bits per heavy atom. The van der Waals surface area contributed by atoms with Crippen LogP contribution in [0.15, 0.2) is 77.7 Å². The van der Waals surface area contributed by atoms with E-state index in [1.54, 1.807) is 0 Å². The van der Waals surface area contributed by atoms with Crippen molar-refractivity contribution in [3.8, 4) is 5.75 Å². The summed E-state index contributed by atoms with van der Waals surface area (Å²) in [7, 11) is -1.18. The summed E-state index contributed by atoms with van der Waals surface area (Å²) in [4.78, 5) is 25.1. The second-order valence-electron chi connectivity index (χ2n) is 8.90. The number of esters is 1. The van der Waals surface area contributed by atoms with Crippen molar-refractivity contribution in [2.75, 3.05) is 20.8 Å². The smallest absolute Gasteiger partial charge is 0.338 e. The number of methoxy groups -OCH3 is 1. The molecule has 0 aliphatic heterocycles. The molecule has 0 saturated heterocycles. The second kappa shape index (κ2) is 11.6. The van der Waals surface area contributed by atoms with Gasteiger partial charge in [-0.05, 0) is 54.2 Å². The van der Waals surface area contributed by atoms with Crippen molar-refractivity contribution in [2.45, 2.75) is 36.7 Å². The zero-order chi connectivity index (χ0) is 26.4. The molecule has 4 rings (SSSR count). The van der Waals surface area contributed by atoms with Crippen LogP contribution in [0.3, 0.4) is 0 Å². The normalized spacial score (nSPS) is 15.1. The first-order valence-electron chi connectivity index (χ1n) is 12.0. The Kier molecular flexibility index (Phi) is 8.25. The first-order chi connectivity index (χ1) is 17.8. The lowest BCUT2D eigenvalue weighted by Crippen LogP contribution is -2.34. The Hall–Kier alpha value is -3.69. The van der Waals surface area contributed by atoms with Gasteiger partial charge < -0.3 is 14.8 Å². The van der Waals surface area contributed by atoms with E-state index in [9.17, 15) is 18.0 Å². The summed E-state index contributed by atoms with van der Waals surface area (Å²) in [5.41, 5.74) is 3.11. The summed E-state index contributed by atoms with van der Waals surface area (Å²) in [5, 5.41) is 2.94. The minimum absolute atomic E-state index is 0.00305. The minimum Gasteiger partial charge on any atom is -0.495 e. The van der Waals surface area contributed by atoms with Crippen LogP contribution < -0.4 is 10.1 Å². The van der Waals surface area contributed by atoms with E-state index in [1.807, 2.05) is 48.5 Å². The molecule has 8 nitrogen and oxygen atoms in total. The first-order valence-corrected chi connectivity index (χ1v) is 13.5. The molecular formula is C28H30N2O6S. The topological polar surface area (TPSA) is 102 Å². The third kappa shape index (κ3) is 6.18. The van der Waals surface area contributed by atoms with Gasteiger partial charge in [-0.1, -0.05) is 54.6 Å². The van der Waals surface area contributed by atoms with Crippen LogP contribution in [0, 0.1) is 0 Å². The molecular weight excluding hydrogens is 492 g/mol. The van der Waals surface area contributed by atoms with Gasteiger partial charge in [0.2, 0.25) is 10.0 Å². The molecule has 1 N–H and O–H groups in total. The highest BCUT2D eigenvalue weighted by atomic mass is 32.2. The quantitative estimate of drug-likeness (QED) is 0.428. The predicted molar refractivity (Wildman–Crippen MR) is 139 cm³/mol. The number of aryl methyl sites for hydroxylation is 1. The molecule has 3 aromatic rings. The molecule has 0 heterocycles. The van der Waals surface area contributed by atoms with Crippen LogP contribution in [0.25, 0.3) is 0 Å². The fourth-order valence-electron chi connectivity index (χ4n) is 4.45. The molecule has 0 spiro atoms. The maximum Gasteiger partial charge on any atom is 0.338 e. The van der Waals surface area contributed by atoms with E-state index in [4.69, 9.17) is 9.47 Å². The average molecular weight is 523 g/mol. The fourth-order valence-corrected chi connectivity index (χ4v) is 5.79. The monoisotopic (exact) mass is 522 g/mol. The van der Waals surface area contributed by atoms with Gasteiger partial charge >= 0.3 is 5.97 Å². The van der Waals surface area contributed by atoms with Crippen molar-refractivity contribution >= 4 is 21.9 Å². The van der Waals surface area contributed by atoms with E-state index in [1.165, 1.54) is 42.2 Å². The summed E-state index contributed by atoms with van der Waals surface area (Å²) >= 11 is 0. The number of benzene rings is 3. The molecule has 1 amide bonds. The van der Waals surface area contributed by atoms with Gasteiger partial charge in [-0.2, -0.15) is 4.31 Å². The number of fused-ring (bicyclic) bond motifs is 1. The van der Waals surface area contributed by atoms with Crippen LogP contribution in [-0.4, -0.2) is 45.4 Å². The summed E-state index contributed by atoms with van der Waals surface area (Å²) < 4.78 is 38.3. The van der Waals surface area contributed by atoms with Gasteiger partial charge in [-0.15, -0.1) is 0 Å². The van der Waals surface area contributed by atoms with E-state index < -0.39 is 28.5 Å². The zero-order valence-electron chi connectivity index (χ0n) is 20.8. The number of hydrogen-bond acceptors (Lipinski definition) is 6. The summed E-state index contributed by atoms with van der Waals surface area (Å²) in [6.07, 6.45) is 2.75. The first kappa shape index (κ1) is 26.4. The summed E-state index contributed by atoms with van der Waals surface area (Å²) in [5.74, 6) is -1.12. The maximum atomic E-state index is 13.3. The van der Waals surface area contributed by atoms with Crippen LogP contribution >= 0.6 is 0 Å². The van der Waals surface area contributed by atoms with E-state index >= 15 is 0 Å². The lowest BCUT2D eigenvalue weighted by molar-refractivity contribution is -0.125. The Labute approximate surface area is 217 Å². The van der Waals surface area contributed by atoms with E-state index in [0.29, 0.717) is 0 Å². The minimum atomic E-state index is -3.99. The molecule has 0 fully saturated rings. The molecule has 1 atom stereocenters. The number of carbonyl (C=O) groups excluding carboxylic acids is 2. The van der Waals surface area contributed by atoms with E-state index in [0.717, 1.165) is 30.4 Å². The molecule has 194 valence electrons. The van der Waals surface area contributed by atoms with Crippen LogP contribution in [0.4, 0.5) is 0 Å². The Morgan fingerprint density at radius 1 is 1.03 bits per heavy atom. The SMILES string of the molecule is COc1ccc(C(=O)OCC(=O)NC2CCCc3ccccc32)cc1S(=O)(=O)N(C)Cc1ccccc1. The van der Waals surface area contributed by atoms with Crippen molar-refractivity contribution < 1.29 is 27.5 Å². The highest BCUT2D eigenvalue weighted by Gasteiger charge is 2.27. The zero-order valence-corrected chi connectivity index (χ0v) is 21.7. The number of nitrogens with one attached hydrogen (secondary N) is 1. The van der Waals surface area contributed by atoms with Crippen LogP contribution in [0.5, 0.6) is 5.75 Å². The second-order valence-corrected chi connectivity index (χ2v) is 10.9. The number of rotatable bonds is 9. The van der Waals surface area contributed by atoms with E-state index in [-0.39, 0.29) is 28.8 Å². The van der Waals surface area contributed by atoms with Crippen LogP contribution in [-0.2, 0) is 32.5 Å². The Balaban J connectivity index is 1.43. The van der Waals surface area contributed by atoms with Crippen molar-refractivity contribution in [3.05, 3.63) is 95.1 Å². The molecule has 9 heteroatoms. The standard InChI is InChI=1S/C28H30N2O6S/c1-30(18-20-9-4-3-5-10-20)37(33,34)26-17-22(15-16-25(26)35-2)28(32)36-19-27(31)29-24-14-8-12-21-11-6-7-13-23(21)24/h3-7,9-11,13,15-17,24H,8,12,14,18-19H2,1-2H3,(H,29,31). The van der Waals surface area contributed by atoms with Crippen molar-refractivity contribution in [1.29, 1.82) is 0 Å². The van der Waals surface area contributed by atoms with Gasteiger partial charge in [-0.3, -0.25) is 4.79 Å². The third-order valence-electron chi connectivity index (χ3n) is 6.37. The molecule has 1 aliphatic rings. The largest absolute Gasteiger partial charge is 0.495 e. The van der Waals surface area contributed by atoms with Gasteiger partial charge in [-0.25, -0.2) is 13.2 Å². The van der Waals surface area contributed by atoms with Crippen molar-refractivity contribution in [2.24, 2.45) is 0 Å². The molecule has 0 aromatic heterocycles. The third-order valence-corrected chi connectivity index (χ3v) is 8.20. The van der Waals surface area contributed by atoms with Crippen molar-refractivity contribution in [1.82, 2.24) is 9.62 Å². The lowest BCUT2D eigenvalue weighted by Gasteiger charge is -2.26. The molecule has 3 aromatic carbocycles. The maximum absolute atomic E-state index is 13.3. The van der Waals surface area contributed by atoms with Gasteiger partial charge in [0.1, 0.15) is 10.6 Å². The number of nitrogens with zero attached hydrogens (tertiary/aromatic N) is 1. The number of amides is 1. The Bertz CT molecular complexity index is 1370. The molecule has 0 bridgehead atoms. The van der Waals surface area contributed by atoms with Gasteiger partial charge in [0.05, 0.1) is 18.7 Å². The fraction of sp³-hybridized carbons (Fsp3) is 0.286. The number of ether oxygens (including phenoxy) is 2. The van der Waals surface area contributed by atoms with Gasteiger partial charge in [0, 0.05) is 13.6 Å². The predicted octanol–water partition coefficient (Wildman–Crippen LogP) is 3.87. The molecule has 37 heavy (non-hydrogen) atoms. The highest BCUT2D eigenvalue weighted by molar-refractivity contribution is 7.89.